The van der Waals surface area contributed by atoms with Crippen LogP contribution in [0.1, 0.15) is 37.9 Å². The molecular weight excluding hydrogens is 292 g/mol. The molecule has 0 spiro atoms. The average Bonchev–Trinajstić information content (AvgIpc) is 2.95. The first kappa shape index (κ1) is 17.0. The van der Waals surface area contributed by atoms with Crippen LogP contribution in [0.25, 0.3) is 0 Å². The highest BCUT2D eigenvalue weighted by atomic mass is 16.5. The van der Waals surface area contributed by atoms with Gasteiger partial charge in [-0.1, -0.05) is 31.2 Å². The zero-order valence-corrected chi connectivity index (χ0v) is 14.0. The van der Waals surface area contributed by atoms with Gasteiger partial charge < -0.3 is 10.1 Å². The van der Waals surface area contributed by atoms with Gasteiger partial charge in [-0.05, 0) is 37.0 Å². The predicted octanol–water partition coefficient (Wildman–Crippen LogP) is 2.83. The van der Waals surface area contributed by atoms with Gasteiger partial charge in [-0.2, -0.15) is 0 Å². The molecule has 1 amide bonds. The molecule has 0 saturated carbocycles. The number of nitrogens with zero attached hydrogens (tertiary/aromatic N) is 3. The maximum Gasteiger partial charge on any atom is 0.225 e. The van der Waals surface area contributed by atoms with Gasteiger partial charge in [-0.25, -0.2) is 4.68 Å². The molecule has 1 aromatic carbocycles. The first-order valence-electron chi connectivity index (χ1n) is 8.03. The minimum Gasteiger partial charge on any atom is -0.497 e. The Morgan fingerprint density at radius 3 is 2.61 bits per heavy atom. The molecule has 1 heterocycles. The lowest BCUT2D eigenvalue weighted by molar-refractivity contribution is -0.116. The Balaban J connectivity index is 2.01. The average molecular weight is 316 g/mol. The number of rotatable bonds is 8. The maximum absolute atomic E-state index is 11.7. The molecule has 0 unspecified atom stereocenters. The van der Waals surface area contributed by atoms with Crippen molar-refractivity contribution in [3.8, 4) is 5.75 Å². The van der Waals surface area contributed by atoms with E-state index in [1.165, 1.54) is 5.56 Å². The Bertz CT molecular complexity index is 635. The summed E-state index contributed by atoms with van der Waals surface area (Å²) in [5.41, 5.74) is 2.17. The van der Waals surface area contributed by atoms with Crippen LogP contribution in [0.2, 0.25) is 0 Å². The van der Waals surface area contributed by atoms with Crippen LogP contribution in [-0.4, -0.2) is 28.0 Å². The molecule has 1 N–H and O–H groups in total. The van der Waals surface area contributed by atoms with Crippen molar-refractivity contribution in [3.63, 3.8) is 0 Å². The molecule has 2 aromatic rings. The number of anilines is 1. The lowest BCUT2D eigenvalue weighted by Gasteiger charge is -2.07. The second kappa shape index (κ2) is 8.31. The molecule has 124 valence electrons. The van der Waals surface area contributed by atoms with Crippen LogP contribution >= 0.6 is 0 Å². The quantitative estimate of drug-likeness (QED) is 0.813. The number of carbonyl (C=O) groups excluding carboxylic acids is 1. The minimum absolute atomic E-state index is 0.00981. The molecule has 6 nitrogen and oxygen atoms in total. The molecule has 0 aliphatic rings. The summed E-state index contributed by atoms with van der Waals surface area (Å²) in [5.74, 6) is 1.43. The number of hydrogen-bond acceptors (Lipinski definition) is 4. The molecule has 0 bridgehead atoms. The van der Waals surface area contributed by atoms with E-state index in [2.05, 4.69) is 15.6 Å². The Morgan fingerprint density at radius 1 is 1.26 bits per heavy atom. The molecule has 0 aliphatic carbocycles. The van der Waals surface area contributed by atoms with Crippen LogP contribution in [0.5, 0.6) is 5.75 Å². The summed E-state index contributed by atoms with van der Waals surface area (Å²) in [6, 6.07) is 8.00. The lowest BCUT2D eigenvalue weighted by Crippen LogP contribution is -2.13. The van der Waals surface area contributed by atoms with Crippen LogP contribution in [0, 0.1) is 0 Å². The van der Waals surface area contributed by atoms with Crippen molar-refractivity contribution in [1.82, 2.24) is 15.0 Å². The summed E-state index contributed by atoms with van der Waals surface area (Å²) < 4.78 is 7.03. The van der Waals surface area contributed by atoms with E-state index in [4.69, 9.17) is 4.74 Å². The Labute approximate surface area is 136 Å². The summed E-state index contributed by atoms with van der Waals surface area (Å²) in [6.07, 6.45) is 2.95. The van der Waals surface area contributed by atoms with Crippen LogP contribution in [0.15, 0.2) is 24.3 Å². The number of hydrogen-bond donors (Lipinski definition) is 1. The van der Waals surface area contributed by atoms with Gasteiger partial charge in [0.05, 0.1) is 12.8 Å². The number of nitrogens with one attached hydrogen (secondary N) is 1. The molecule has 6 heteroatoms. The molecule has 2 rings (SSSR count). The monoisotopic (exact) mass is 316 g/mol. The van der Waals surface area contributed by atoms with Gasteiger partial charge in [0, 0.05) is 13.0 Å². The number of amides is 1. The van der Waals surface area contributed by atoms with E-state index in [0.29, 0.717) is 12.2 Å². The van der Waals surface area contributed by atoms with Crippen molar-refractivity contribution in [2.45, 2.75) is 46.1 Å². The third-order valence-electron chi connectivity index (χ3n) is 3.68. The van der Waals surface area contributed by atoms with E-state index in [9.17, 15) is 4.79 Å². The summed E-state index contributed by atoms with van der Waals surface area (Å²) in [4.78, 5) is 11.7. The number of aryl methyl sites for hydroxylation is 2. The number of aromatic nitrogens is 3. The van der Waals surface area contributed by atoms with E-state index < -0.39 is 0 Å². The van der Waals surface area contributed by atoms with Crippen LogP contribution < -0.4 is 10.1 Å². The Hall–Kier alpha value is -2.37. The Morgan fingerprint density at radius 2 is 2.00 bits per heavy atom. The van der Waals surface area contributed by atoms with E-state index in [-0.39, 0.29) is 5.91 Å². The van der Waals surface area contributed by atoms with Crippen molar-refractivity contribution in [3.05, 3.63) is 35.5 Å². The van der Waals surface area contributed by atoms with Crippen LogP contribution in [0.4, 0.5) is 5.82 Å². The summed E-state index contributed by atoms with van der Waals surface area (Å²) in [6.45, 7) is 4.75. The molecule has 0 saturated heterocycles. The lowest BCUT2D eigenvalue weighted by atomic mass is 10.1. The highest BCUT2D eigenvalue weighted by Gasteiger charge is 2.13. The molecular formula is C17H24N4O2. The van der Waals surface area contributed by atoms with Crippen molar-refractivity contribution in [2.24, 2.45) is 0 Å². The first-order chi connectivity index (χ1) is 11.2. The second-order valence-electron chi connectivity index (χ2n) is 5.36. The van der Waals surface area contributed by atoms with E-state index >= 15 is 0 Å². The standard InChI is InChI=1S/C17H24N4O2/c1-4-6-16(22)18-17-15(5-2)21(20-19-17)12-11-13-7-9-14(23-3)10-8-13/h7-10H,4-6,11-12H2,1-3H3,(H,18,22). The van der Waals surface area contributed by atoms with Crippen molar-refractivity contribution < 1.29 is 9.53 Å². The zero-order valence-electron chi connectivity index (χ0n) is 14.0. The third-order valence-corrected chi connectivity index (χ3v) is 3.68. The first-order valence-corrected chi connectivity index (χ1v) is 8.03. The molecule has 0 radical (unpaired) electrons. The normalized spacial score (nSPS) is 10.6. The zero-order chi connectivity index (χ0) is 16.7. The van der Waals surface area contributed by atoms with Gasteiger partial charge in [-0.3, -0.25) is 4.79 Å². The Kier molecular flexibility index (Phi) is 6.14. The topological polar surface area (TPSA) is 69.0 Å². The SMILES string of the molecule is CCCC(=O)Nc1nnn(CCc2ccc(OC)cc2)c1CC. The van der Waals surface area contributed by atoms with Gasteiger partial charge in [0.1, 0.15) is 5.75 Å². The largest absolute Gasteiger partial charge is 0.497 e. The van der Waals surface area contributed by atoms with Crippen molar-refractivity contribution in [2.75, 3.05) is 12.4 Å². The summed E-state index contributed by atoms with van der Waals surface area (Å²) in [7, 11) is 1.66. The fourth-order valence-corrected chi connectivity index (χ4v) is 2.41. The molecule has 1 aromatic heterocycles. The molecule has 23 heavy (non-hydrogen) atoms. The highest BCUT2D eigenvalue weighted by Crippen LogP contribution is 2.15. The predicted molar refractivity (Wildman–Crippen MR) is 89.6 cm³/mol. The molecule has 0 fully saturated rings. The van der Waals surface area contributed by atoms with Gasteiger partial charge in [0.2, 0.25) is 5.91 Å². The fraction of sp³-hybridized carbons (Fsp3) is 0.471. The second-order valence-corrected chi connectivity index (χ2v) is 5.36. The van der Waals surface area contributed by atoms with Gasteiger partial charge in [0.25, 0.3) is 0 Å². The number of methoxy groups -OCH3 is 1. The number of benzene rings is 1. The smallest absolute Gasteiger partial charge is 0.225 e. The van der Waals surface area contributed by atoms with Gasteiger partial charge in [-0.15, -0.1) is 5.10 Å². The van der Waals surface area contributed by atoms with E-state index in [0.717, 1.165) is 37.3 Å². The van der Waals surface area contributed by atoms with Crippen LogP contribution in [0.3, 0.4) is 0 Å². The highest BCUT2D eigenvalue weighted by molar-refractivity contribution is 5.90. The van der Waals surface area contributed by atoms with Gasteiger partial charge in [0.15, 0.2) is 5.82 Å². The van der Waals surface area contributed by atoms with E-state index in [1.807, 2.05) is 42.8 Å². The van der Waals surface area contributed by atoms with Crippen molar-refractivity contribution in [1.29, 1.82) is 0 Å². The summed E-state index contributed by atoms with van der Waals surface area (Å²) in [5, 5.41) is 11.1. The van der Waals surface area contributed by atoms with Crippen molar-refractivity contribution >= 4 is 11.7 Å². The minimum atomic E-state index is -0.00981. The maximum atomic E-state index is 11.7. The number of carbonyl (C=O) groups is 1. The van der Waals surface area contributed by atoms with Gasteiger partial charge >= 0.3 is 0 Å². The van der Waals surface area contributed by atoms with Crippen LogP contribution in [-0.2, 0) is 24.2 Å². The molecule has 0 aliphatic heterocycles. The third kappa shape index (κ3) is 4.55. The summed E-state index contributed by atoms with van der Waals surface area (Å²) >= 11 is 0. The fourth-order valence-electron chi connectivity index (χ4n) is 2.41. The molecule has 0 atom stereocenters. The van der Waals surface area contributed by atoms with E-state index in [1.54, 1.807) is 7.11 Å². The number of ether oxygens (including phenoxy) is 1.